The molecular weight excluding hydrogens is 550 g/mol. The number of carbonyl (C=O) groups excluding carboxylic acids is 2. The molecular formula is C29H21N3O8S. The molecule has 4 aromatic carbocycles. The topological polar surface area (TPSA) is 136 Å². The number of carbonyl (C=O) groups is 2. The number of hydrogen-bond acceptors (Lipinski definition) is 9. The fourth-order valence-electron chi connectivity index (χ4n) is 5.03. The van der Waals surface area contributed by atoms with Crippen LogP contribution in [-0.2, 0) is 24.5 Å². The third kappa shape index (κ3) is 4.68. The Morgan fingerprint density at radius 2 is 1.41 bits per heavy atom. The summed E-state index contributed by atoms with van der Waals surface area (Å²) in [5.41, 5.74) is 0.985. The molecule has 12 heteroatoms. The number of para-hydroxylation sites is 1. The number of hydrogen-bond donors (Lipinski definition) is 0. The summed E-state index contributed by atoms with van der Waals surface area (Å²) >= 11 is 0. The van der Waals surface area contributed by atoms with Gasteiger partial charge in [-0.1, -0.05) is 54.6 Å². The van der Waals surface area contributed by atoms with Crippen LogP contribution in [0.25, 0.3) is 0 Å². The van der Waals surface area contributed by atoms with E-state index in [0.717, 1.165) is 4.90 Å². The number of nitro benzene ring substituents is 1. The fourth-order valence-corrected chi connectivity index (χ4v) is 5.99. The van der Waals surface area contributed by atoms with Gasteiger partial charge in [-0.05, 0) is 48.0 Å². The van der Waals surface area contributed by atoms with Gasteiger partial charge in [-0.15, -0.1) is 0 Å². The lowest BCUT2D eigenvalue weighted by Gasteiger charge is -2.28. The van der Waals surface area contributed by atoms with Gasteiger partial charge in [-0.2, -0.15) is 8.42 Å². The summed E-state index contributed by atoms with van der Waals surface area (Å²) < 4.78 is 30.6. The molecule has 0 saturated carbocycles. The van der Waals surface area contributed by atoms with Gasteiger partial charge >= 0.3 is 10.1 Å². The molecule has 0 radical (unpaired) electrons. The van der Waals surface area contributed by atoms with Crippen molar-refractivity contribution >= 4 is 39.0 Å². The molecule has 206 valence electrons. The molecule has 6 rings (SSSR count). The molecule has 11 nitrogen and oxygen atoms in total. The summed E-state index contributed by atoms with van der Waals surface area (Å²) in [6.45, 7) is 0. The van der Waals surface area contributed by atoms with Crippen molar-refractivity contribution in [3.8, 4) is 5.75 Å². The second-order valence-electron chi connectivity index (χ2n) is 9.37. The average Bonchev–Trinajstić information content (AvgIpc) is 3.49. The maximum atomic E-state index is 13.7. The standard InChI is InChI=1S/C29H21N3O8S/c33-28-25-26(19-14-16-23(17-15-19)40-41(37,38)24-12-5-2-6-13-24)31(21-10-7-11-22(18-21)32(35)36)39-27(25)29(34)30(28)20-8-3-1-4-9-20/h1-18,25-27H/t25-,26+,27+/m0/s1. The van der Waals surface area contributed by atoms with Crippen LogP contribution in [0.15, 0.2) is 114 Å². The molecule has 2 amide bonds. The lowest BCUT2D eigenvalue weighted by atomic mass is 9.90. The van der Waals surface area contributed by atoms with E-state index in [0.29, 0.717) is 11.3 Å². The van der Waals surface area contributed by atoms with Gasteiger partial charge in [-0.25, -0.2) is 9.96 Å². The molecule has 4 aromatic rings. The van der Waals surface area contributed by atoms with Gasteiger partial charge in [0.1, 0.15) is 16.6 Å². The van der Waals surface area contributed by atoms with Gasteiger partial charge in [0.2, 0.25) is 5.91 Å². The highest BCUT2D eigenvalue weighted by atomic mass is 32.2. The van der Waals surface area contributed by atoms with Crippen LogP contribution in [0.3, 0.4) is 0 Å². The minimum Gasteiger partial charge on any atom is -0.379 e. The minimum atomic E-state index is -4.08. The van der Waals surface area contributed by atoms with Crippen molar-refractivity contribution in [3.05, 3.63) is 125 Å². The van der Waals surface area contributed by atoms with E-state index in [2.05, 4.69) is 0 Å². The van der Waals surface area contributed by atoms with Gasteiger partial charge in [-0.3, -0.25) is 24.5 Å². The van der Waals surface area contributed by atoms with Crippen LogP contribution in [0.1, 0.15) is 11.6 Å². The van der Waals surface area contributed by atoms with Crippen molar-refractivity contribution in [2.75, 3.05) is 9.96 Å². The predicted octanol–water partition coefficient (Wildman–Crippen LogP) is 4.41. The largest absolute Gasteiger partial charge is 0.379 e. The van der Waals surface area contributed by atoms with Crippen molar-refractivity contribution in [1.29, 1.82) is 0 Å². The quantitative estimate of drug-likeness (QED) is 0.137. The smallest absolute Gasteiger partial charge is 0.339 e. The van der Waals surface area contributed by atoms with E-state index in [9.17, 15) is 28.1 Å². The summed E-state index contributed by atoms with van der Waals surface area (Å²) in [6.07, 6.45) is -1.18. The van der Waals surface area contributed by atoms with Crippen molar-refractivity contribution < 1.29 is 32.0 Å². The van der Waals surface area contributed by atoms with Crippen LogP contribution >= 0.6 is 0 Å². The van der Waals surface area contributed by atoms with Gasteiger partial charge in [0.15, 0.2) is 6.10 Å². The number of hydroxylamine groups is 1. The van der Waals surface area contributed by atoms with Crippen molar-refractivity contribution in [1.82, 2.24) is 0 Å². The molecule has 3 atom stereocenters. The lowest BCUT2D eigenvalue weighted by Crippen LogP contribution is -2.37. The van der Waals surface area contributed by atoms with Crippen molar-refractivity contribution in [3.63, 3.8) is 0 Å². The number of fused-ring (bicyclic) bond motifs is 1. The maximum absolute atomic E-state index is 13.7. The average molecular weight is 572 g/mol. The Labute approximate surface area is 234 Å². The number of benzene rings is 4. The number of anilines is 2. The number of nitro groups is 1. The lowest BCUT2D eigenvalue weighted by molar-refractivity contribution is -0.384. The Hall–Kier alpha value is -5.07. The monoisotopic (exact) mass is 571 g/mol. The molecule has 41 heavy (non-hydrogen) atoms. The normalized spacial score (nSPS) is 20.2. The van der Waals surface area contributed by atoms with E-state index in [1.807, 2.05) is 0 Å². The molecule has 2 aliphatic rings. The van der Waals surface area contributed by atoms with E-state index in [1.54, 1.807) is 66.7 Å². The molecule has 2 saturated heterocycles. The number of nitrogens with zero attached hydrogens (tertiary/aromatic N) is 3. The Morgan fingerprint density at radius 3 is 2.07 bits per heavy atom. The van der Waals surface area contributed by atoms with Crippen LogP contribution in [0, 0.1) is 16.0 Å². The number of non-ortho nitro benzene ring substituents is 1. The zero-order valence-electron chi connectivity index (χ0n) is 21.1. The van der Waals surface area contributed by atoms with E-state index in [-0.39, 0.29) is 22.0 Å². The maximum Gasteiger partial charge on any atom is 0.339 e. The first-order valence-corrected chi connectivity index (χ1v) is 13.9. The van der Waals surface area contributed by atoms with Crippen LogP contribution in [0.2, 0.25) is 0 Å². The molecule has 0 N–H and O–H groups in total. The highest BCUT2D eigenvalue weighted by Crippen LogP contribution is 2.48. The van der Waals surface area contributed by atoms with Crippen molar-refractivity contribution in [2.24, 2.45) is 5.92 Å². The number of amides is 2. The second kappa shape index (κ2) is 10.2. The van der Waals surface area contributed by atoms with Crippen LogP contribution in [-0.4, -0.2) is 31.3 Å². The highest BCUT2D eigenvalue weighted by molar-refractivity contribution is 7.87. The third-order valence-corrected chi connectivity index (χ3v) is 8.15. The Bertz CT molecular complexity index is 1750. The first kappa shape index (κ1) is 26.2. The molecule has 0 aromatic heterocycles. The first-order valence-electron chi connectivity index (χ1n) is 12.5. The highest BCUT2D eigenvalue weighted by Gasteiger charge is 2.60. The zero-order chi connectivity index (χ0) is 28.7. The van der Waals surface area contributed by atoms with Gasteiger partial charge < -0.3 is 4.18 Å². The zero-order valence-corrected chi connectivity index (χ0v) is 22.0. The Morgan fingerprint density at radius 1 is 0.780 bits per heavy atom. The molecule has 0 unspecified atom stereocenters. The summed E-state index contributed by atoms with van der Waals surface area (Å²) in [4.78, 5) is 45.2. The molecule has 0 spiro atoms. The van der Waals surface area contributed by atoms with Gasteiger partial charge in [0.05, 0.1) is 22.3 Å². The number of imide groups is 1. The van der Waals surface area contributed by atoms with E-state index in [4.69, 9.17) is 9.02 Å². The second-order valence-corrected chi connectivity index (χ2v) is 10.9. The minimum absolute atomic E-state index is 0.0102. The fraction of sp³-hybridized carbons (Fsp3) is 0.103. The van der Waals surface area contributed by atoms with E-state index < -0.39 is 44.9 Å². The predicted molar refractivity (Wildman–Crippen MR) is 146 cm³/mol. The van der Waals surface area contributed by atoms with E-state index in [1.165, 1.54) is 47.5 Å². The molecule has 2 heterocycles. The number of rotatable bonds is 7. The van der Waals surface area contributed by atoms with Gasteiger partial charge in [0, 0.05) is 12.1 Å². The third-order valence-electron chi connectivity index (χ3n) is 6.88. The van der Waals surface area contributed by atoms with Crippen LogP contribution in [0.4, 0.5) is 17.1 Å². The Balaban J connectivity index is 1.37. The SMILES string of the molecule is O=C1[C@H]2[C@@H](c3ccc(OS(=O)(=O)c4ccccc4)cc3)N(c3cccc([N+](=O)[O-])c3)O[C@H]2C(=O)N1c1ccccc1. The molecule has 2 aliphatic heterocycles. The molecule has 0 aliphatic carbocycles. The van der Waals surface area contributed by atoms with Crippen molar-refractivity contribution in [2.45, 2.75) is 17.0 Å². The molecule has 0 bridgehead atoms. The summed E-state index contributed by atoms with van der Waals surface area (Å²) in [7, 11) is -4.08. The summed E-state index contributed by atoms with van der Waals surface area (Å²) in [5, 5.41) is 12.8. The first-order chi connectivity index (χ1) is 19.7. The summed E-state index contributed by atoms with van der Waals surface area (Å²) in [5.74, 6) is -1.99. The van der Waals surface area contributed by atoms with Crippen LogP contribution in [0.5, 0.6) is 5.75 Å². The summed E-state index contributed by atoms with van der Waals surface area (Å²) in [6, 6.07) is 27.0. The Kier molecular flexibility index (Phi) is 6.48. The van der Waals surface area contributed by atoms with Crippen LogP contribution < -0.4 is 14.1 Å². The van der Waals surface area contributed by atoms with E-state index >= 15 is 0 Å². The molecule has 2 fully saturated rings. The van der Waals surface area contributed by atoms with Gasteiger partial charge in [0.25, 0.3) is 11.6 Å².